The van der Waals surface area contributed by atoms with Gasteiger partial charge in [0.25, 0.3) is 0 Å². The second kappa shape index (κ2) is 7.96. The van der Waals surface area contributed by atoms with E-state index in [2.05, 4.69) is 18.1 Å². The van der Waals surface area contributed by atoms with Crippen LogP contribution in [0.15, 0.2) is 60.3 Å². The van der Waals surface area contributed by atoms with Crippen LogP contribution in [0, 0.1) is 11.2 Å². The fourth-order valence-electron chi connectivity index (χ4n) is 5.62. The second-order valence-corrected chi connectivity index (χ2v) is 9.57. The maximum atomic E-state index is 13.4. The zero-order chi connectivity index (χ0) is 23.2. The highest BCUT2D eigenvalue weighted by Crippen LogP contribution is 2.56. The van der Waals surface area contributed by atoms with Gasteiger partial charge in [0.05, 0.1) is 29.6 Å². The van der Waals surface area contributed by atoms with Crippen LogP contribution in [0.3, 0.4) is 0 Å². The molecule has 0 bridgehead atoms. The Morgan fingerprint density at radius 3 is 2.64 bits per heavy atom. The number of carbonyl (C=O) groups excluding carboxylic acids is 1. The molecule has 1 fully saturated rings. The van der Waals surface area contributed by atoms with Crippen LogP contribution < -0.4 is 5.73 Å². The summed E-state index contributed by atoms with van der Waals surface area (Å²) in [5.41, 5.74) is 10.3. The fourth-order valence-corrected chi connectivity index (χ4v) is 5.62. The second-order valence-electron chi connectivity index (χ2n) is 9.57. The summed E-state index contributed by atoms with van der Waals surface area (Å²) in [5.74, 6) is -0.624. The van der Waals surface area contributed by atoms with Crippen molar-refractivity contribution in [1.82, 2.24) is 9.78 Å². The van der Waals surface area contributed by atoms with Crippen LogP contribution >= 0.6 is 0 Å². The van der Waals surface area contributed by atoms with E-state index >= 15 is 0 Å². The van der Waals surface area contributed by atoms with Crippen LogP contribution in [0.1, 0.15) is 48.6 Å². The van der Waals surface area contributed by atoms with Gasteiger partial charge in [0.15, 0.2) is 0 Å². The van der Waals surface area contributed by atoms with E-state index in [0.717, 1.165) is 34.5 Å². The minimum absolute atomic E-state index is 0.211. The SMILES string of the molecule is C[C@]12Cc3cnn(-c4ccc(F)cc4)c3C=C1CC[C@@]2(O)CCc1ccccc1CC(N)=O. The van der Waals surface area contributed by atoms with Crippen LogP contribution in [0.2, 0.25) is 0 Å². The summed E-state index contributed by atoms with van der Waals surface area (Å²) in [6, 6.07) is 14.1. The standard InChI is InChI=1S/C27H28FN3O2/c1-26-16-20-17-30-31(23-8-6-22(28)7-9-23)24(20)15-21(26)11-13-27(26,33)12-10-18-4-2-3-5-19(18)14-25(29)32/h2-9,15,17,33H,10-14,16H2,1H3,(H2,29,32)/t26-,27-/m0/s1. The Balaban J connectivity index is 1.41. The van der Waals surface area contributed by atoms with E-state index in [9.17, 15) is 14.3 Å². The van der Waals surface area contributed by atoms with E-state index in [4.69, 9.17) is 5.73 Å². The molecule has 0 saturated heterocycles. The first-order valence-electron chi connectivity index (χ1n) is 11.4. The number of aryl methyl sites for hydroxylation is 1. The lowest BCUT2D eigenvalue weighted by atomic mass is 9.65. The third-order valence-corrected chi connectivity index (χ3v) is 7.65. The number of aliphatic hydroxyl groups is 1. The van der Waals surface area contributed by atoms with Gasteiger partial charge in [-0.25, -0.2) is 9.07 Å². The van der Waals surface area contributed by atoms with Crippen molar-refractivity contribution in [1.29, 1.82) is 0 Å². The highest BCUT2D eigenvalue weighted by atomic mass is 19.1. The first-order valence-corrected chi connectivity index (χ1v) is 11.4. The van der Waals surface area contributed by atoms with E-state index in [1.165, 1.54) is 17.7 Å². The number of benzene rings is 2. The van der Waals surface area contributed by atoms with Crippen molar-refractivity contribution in [3.8, 4) is 5.69 Å². The summed E-state index contributed by atoms with van der Waals surface area (Å²) in [7, 11) is 0. The molecule has 1 aromatic heterocycles. The van der Waals surface area contributed by atoms with Crippen LogP contribution in [0.4, 0.5) is 4.39 Å². The molecule has 2 aliphatic carbocycles. The monoisotopic (exact) mass is 445 g/mol. The van der Waals surface area contributed by atoms with E-state index in [0.29, 0.717) is 25.7 Å². The van der Waals surface area contributed by atoms with Gasteiger partial charge in [-0.1, -0.05) is 36.8 Å². The quantitative estimate of drug-likeness (QED) is 0.598. The molecule has 2 atom stereocenters. The van der Waals surface area contributed by atoms with Crippen molar-refractivity contribution < 1.29 is 14.3 Å². The molecule has 0 unspecified atom stereocenters. The number of aromatic nitrogens is 2. The van der Waals surface area contributed by atoms with Gasteiger partial charge >= 0.3 is 0 Å². The van der Waals surface area contributed by atoms with E-state index in [-0.39, 0.29) is 23.6 Å². The van der Waals surface area contributed by atoms with E-state index in [1.54, 1.807) is 12.1 Å². The number of primary amides is 1. The van der Waals surface area contributed by atoms with E-state index < -0.39 is 5.60 Å². The van der Waals surface area contributed by atoms with Crippen LogP contribution in [0.25, 0.3) is 11.8 Å². The topological polar surface area (TPSA) is 81.1 Å². The highest BCUT2D eigenvalue weighted by Gasteiger charge is 2.54. The van der Waals surface area contributed by atoms with Crippen molar-refractivity contribution in [3.63, 3.8) is 0 Å². The lowest BCUT2D eigenvalue weighted by Gasteiger charge is -2.42. The Morgan fingerprint density at radius 2 is 1.91 bits per heavy atom. The molecule has 2 aromatic carbocycles. The number of amides is 1. The van der Waals surface area contributed by atoms with Gasteiger partial charge in [0.2, 0.25) is 5.91 Å². The zero-order valence-corrected chi connectivity index (χ0v) is 18.7. The van der Waals surface area contributed by atoms with Gasteiger partial charge in [-0.2, -0.15) is 5.10 Å². The summed E-state index contributed by atoms with van der Waals surface area (Å²) in [4.78, 5) is 11.5. The molecular formula is C27H28FN3O2. The molecule has 2 aliphatic rings. The molecular weight excluding hydrogens is 417 g/mol. The number of nitrogens with two attached hydrogens (primary N) is 1. The lowest BCUT2D eigenvalue weighted by Crippen LogP contribution is -2.45. The third-order valence-electron chi connectivity index (χ3n) is 7.65. The van der Waals surface area contributed by atoms with Crippen LogP contribution in [0.5, 0.6) is 0 Å². The highest BCUT2D eigenvalue weighted by molar-refractivity contribution is 5.77. The predicted molar refractivity (Wildman–Crippen MR) is 125 cm³/mol. The fraction of sp³-hybridized carbons (Fsp3) is 0.333. The minimum atomic E-state index is -0.853. The molecule has 0 radical (unpaired) electrons. The average Bonchev–Trinajstić information content (AvgIpc) is 3.30. The summed E-state index contributed by atoms with van der Waals surface area (Å²) >= 11 is 0. The number of rotatable bonds is 6. The maximum absolute atomic E-state index is 13.4. The molecule has 5 nitrogen and oxygen atoms in total. The molecule has 5 rings (SSSR count). The number of fused-ring (bicyclic) bond motifs is 2. The molecule has 1 heterocycles. The maximum Gasteiger partial charge on any atom is 0.221 e. The summed E-state index contributed by atoms with van der Waals surface area (Å²) in [5, 5.41) is 16.4. The summed E-state index contributed by atoms with van der Waals surface area (Å²) < 4.78 is 15.2. The van der Waals surface area contributed by atoms with Crippen molar-refractivity contribution in [3.05, 3.63) is 88.5 Å². The Hall–Kier alpha value is -3.25. The molecule has 1 amide bonds. The number of hydrogen-bond acceptors (Lipinski definition) is 3. The Kier molecular flexibility index (Phi) is 5.20. The summed E-state index contributed by atoms with van der Waals surface area (Å²) in [6.07, 6.45) is 7.75. The van der Waals surface area contributed by atoms with E-state index in [1.807, 2.05) is 35.1 Å². The Labute approximate surface area is 192 Å². The molecule has 0 aliphatic heterocycles. The van der Waals surface area contributed by atoms with Crippen LogP contribution in [-0.4, -0.2) is 26.4 Å². The molecule has 0 spiro atoms. The van der Waals surface area contributed by atoms with Crippen molar-refractivity contribution in [2.45, 2.75) is 51.0 Å². The molecule has 1 saturated carbocycles. The summed E-state index contributed by atoms with van der Waals surface area (Å²) in [6.45, 7) is 2.15. The number of halogens is 1. The van der Waals surface area contributed by atoms with Crippen molar-refractivity contribution in [2.75, 3.05) is 0 Å². The van der Waals surface area contributed by atoms with Gasteiger partial charge in [0, 0.05) is 5.41 Å². The van der Waals surface area contributed by atoms with Gasteiger partial charge in [0.1, 0.15) is 5.82 Å². The average molecular weight is 446 g/mol. The largest absolute Gasteiger partial charge is 0.389 e. The molecule has 6 heteroatoms. The van der Waals surface area contributed by atoms with Gasteiger partial charge in [-0.3, -0.25) is 4.79 Å². The molecule has 170 valence electrons. The zero-order valence-electron chi connectivity index (χ0n) is 18.7. The van der Waals surface area contributed by atoms with Gasteiger partial charge in [-0.15, -0.1) is 0 Å². The number of carbonyl (C=O) groups is 1. The smallest absolute Gasteiger partial charge is 0.221 e. The first-order chi connectivity index (χ1) is 15.8. The van der Waals surface area contributed by atoms with Gasteiger partial charge < -0.3 is 10.8 Å². The first kappa shape index (κ1) is 21.6. The third kappa shape index (κ3) is 3.68. The van der Waals surface area contributed by atoms with Gasteiger partial charge in [-0.05, 0) is 79.1 Å². The van der Waals surface area contributed by atoms with Crippen LogP contribution in [-0.2, 0) is 24.1 Å². The van der Waals surface area contributed by atoms with Crippen molar-refractivity contribution >= 4 is 12.0 Å². The predicted octanol–water partition coefficient (Wildman–Crippen LogP) is 4.14. The molecule has 3 aromatic rings. The minimum Gasteiger partial charge on any atom is -0.389 e. The molecule has 3 N–H and O–H groups in total. The lowest BCUT2D eigenvalue weighted by molar-refractivity contribution is -0.117. The number of nitrogens with zero attached hydrogens (tertiary/aromatic N) is 2. The molecule has 33 heavy (non-hydrogen) atoms. The Bertz CT molecular complexity index is 1250. The normalized spacial score (nSPS) is 23.7. The Morgan fingerprint density at radius 1 is 1.18 bits per heavy atom. The number of hydrogen-bond donors (Lipinski definition) is 2. The van der Waals surface area contributed by atoms with Crippen molar-refractivity contribution in [2.24, 2.45) is 11.1 Å².